The van der Waals surface area contributed by atoms with Gasteiger partial charge < -0.3 is 14.8 Å². The van der Waals surface area contributed by atoms with Gasteiger partial charge in [-0.1, -0.05) is 43.6 Å². The van der Waals surface area contributed by atoms with Crippen LogP contribution in [0.1, 0.15) is 61.5 Å². The first kappa shape index (κ1) is 27.4. The lowest BCUT2D eigenvalue weighted by Gasteiger charge is -2.46. The van der Waals surface area contributed by atoms with E-state index in [1.54, 1.807) is 0 Å². The lowest BCUT2D eigenvalue weighted by Crippen LogP contribution is -2.57. The molecule has 1 aromatic heterocycles. The number of aromatic nitrogens is 2. The van der Waals surface area contributed by atoms with Crippen LogP contribution in [0.15, 0.2) is 66.7 Å². The van der Waals surface area contributed by atoms with E-state index in [1.165, 1.54) is 12.8 Å². The summed E-state index contributed by atoms with van der Waals surface area (Å²) in [6.07, 6.45) is 4.95. The quantitative estimate of drug-likeness (QED) is 0.238. The van der Waals surface area contributed by atoms with Crippen LogP contribution in [0, 0.1) is 5.92 Å². The Morgan fingerprint density at radius 1 is 1.02 bits per heavy atom. The second kappa shape index (κ2) is 11.4. The van der Waals surface area contributed by atoms with E-state index in [0.717, 1.165) is 59.5 Å². The first-order valence-corrected chi connectivity index (χ1v) is 15.5. The second-order valence-electron chi connectivity index (χ2n) is 12.3. The van der Waals surface area contributed by atoms with Crippen LogP contribution in [0.25, 0.3) is 22.2 Å². The second-order valence-corrected chi connectivity index (χ2v) is 12.7. The van der Waals surface area contributed by atoms with Crippen molar-refractivity contribution in [3.8, 4) is 17.0 Å². The average Bonchev–Trinajstić information content (AvgIpc) is 3.48. The third kappa shape index (κ3) is 5.19. The highest BCUT2D eigenvalue weighted by atomic mass is 35.5. The molecule has 7 nitrogen and oxygen atoms in total. The number of aromatic amines is 1. The van der Waals surface area contributed by atoms with Crippen LogP contribution >= 0.6 is 11.6 Å². The maximum atomic E-state index is 13.4. The molecular weight excluding hydrogens is 548 g/mol. The van der Waals surface area contributed by atoms with Crippen molar-refractivity contribution in [3.63, 3.8) is 0 Å². The van der Waals surface area contributed by atoms with E-state index < -0.39 is 0 Å². The van der Waals surface area contributed by atoms with E-state index in [1.807, 2.05) is 54.6 Å². The van der Waals surface area contributed by atoms with Crippen LogP contribution in [0.4, 0.5) is 0 Å². The van der Waals surface area contributed by atoms with Crippen molar-refractivity contribution in [3.05, 3.63) is 82.9 Å². The van der Waals surface area contributed by atoms with Crippen LogP contribution in [0.3, 0.4) is 0 Å². The summed E-state index contributed by atoms with van der Waals surface area (Å²) in [4.78, 5) is 16.1. The highest BCUT2D eigenvalue weighted by Crippen LogP contribution is 2.40. The molecule has 4 heterocycles. The van der Waals surface area contributed by atoms with Gasteiger partial charge in [0.1, 0.15) is 11.9 Å². The number of hydrogen-bond donors (Lipinski definition) is 2. The van der Waals surface area contributed by atoms with E-state index >= 15 is 0 Å². The fraction of sp³-hybridized carbons (Fsp3) is 0.412. The standard InChI is InChI=1S/C34H37ClN4O3/c1-20(2)32(28-5-3-4-6-30(28)35)36-34(40)22-9-14-31-29(15-22)33(38-37-31)21-7-12-26(13-8-21)42-27-16-23-10-11-24(17-27)39(23)25-18-41-19-25/h3-9,12-15,20,23-25,27,32H,10-11,16-19H2,1-2H3,(H,36,40)(H,37,38). The van der Waals surface area contributed by atoms with Gasteiger partial charge in [0.25, 0.3) is 5.91 Å². The van der Waals surface area contributed by atoms with Crippen molar-refractivity contribution >= 4 is 28.4 Å². The number of benzene rings is 3. The van der Waals surface area contributed by atoms with Gasteiger partial charge in [0.2, 0.25) is 0 Å². The molecule has 0 aliphatic carbocycles. The number of hydrogen-bond acceptors (Lipinski definition) is 5. The minimum Gasteiger partial charge on any atom is -0.490 e. The minimum absolute atomic E-state index is 0.142. The monoisotopic (exact) mass is 584 g/mol. The molecule has 1 amide bonds. The zero-order chi connectivity index (χ0) is 28.8. The van der Waals surface area contributed by atoms with Gasteiger partial charge in [-0.2, -0.15) is 5.10 Å². The lowest BCUT2D eigenvalue weighted by molar-refractivity contribution is -0.102. The van der Waals surface area contributed by atoms with E-state index in [9.17, 15) is 4.79 Å². The maximum Gasteiger partial charge on any atom is 0.251 e. The van der Waals surface area contributed by atoms with Crippen molar-refractivity contribution in [2.75, 3.05) is 13.2 Å². The van der Waals surface area contributed by atoms with Gasteiger partial charge in [-0.05, 0) is 85.7 Å². The SMILES string of the molecule is CC(C)C(NC(=O)c1ccc2[nH]nc(-c3ccc(OC4CC5CCC(C4)N5C4COC4)cc3)c2c1)c1ccccc1Cl. The number of rotatable bonds is 8. The molecule has 3 aromatic carbocycles. The third-order valence-electron chi connectivity index (χ3n) is 9.24. The predicted octanol–water partition coefficient (Wildman–Crippen LogP) is 6.78. The van der Waals surface area contributed by atoms with Crippen molar-refractivity contribution < 1.29 is 14.3 Å². The normalized spacial score (nSPS) is 23.2. The maximum absolute atomic E-state index is 13.4. The average molecular weight is 585 g/mol. The predicted molar refractivity (Wildman–Crippen MR) is 165 cm³/mol. The van der Waals surface area contributed by atoms with E-state index in [0.29, 0.717) is 28.7 Å². The lowest BCUT2D eigenvalue weighted by atomic mass is 9.95. The number of fused-ring (bicyclic) bond motifs is 3. The summed E-state index contributed by atoms with van der Waals surface area (Å²) in [5, 5.41) is 12.5. The molecule has 8 heteroatoms. The Bertz CT molecular complexity index is 1570. The summed E-state index contributed by atoms with van der Waals surface area (Å²) in [6.45, 7) is 5.93. The molecule has 3 fully saturated rings. The molecule has 3 atom stereocenters. The van der Waals surface area contributed by atoms with Crippen molar-refractivity contribution in [1.29, 1.82) is 0 Å². The van der Waals surface area contributed by atoms with Crippen molar-refractivity contribution in [1.82, 2.24) is 20.4 Å². The van der Waals surface area contributed by atoms with Crippen LogP contribution in [0.2, 0.25) is 5.02 Å². The van der Waals surface area contributed by atoms with Gasteiger partial charge in [-0.15, -0.1) is 0 Å². The molecule has 3 unspecified atom stereocenters. The number of carbonyl (C=O) groups is 1. The van der Waals surface area contributed by atoms with Gasteiger partial charge in [0.05, 0.1) is 36.5 Å². The Balaban J connectivity index is 1.06. The van der Waals surface area contributed by atoms with E-state index in [2.05, 4.69) is 46.4 Å². The zero-order valence-electron chi connectivity index (χ0n) is 24.1. The Morgan fingerprint density at radius 3 is 2.43 bits per heavy atom. The van der Waals surface area contributed by atoms with Gasteiger partial charge in [-0.3, -0.25) is 14.8 Å². The Hall–Kier alpha value is -3.39. The highest BCUT2D eigenvalue weighted by Gasteiger charge is 2.46. The molecule has 4 aromatic rings. The van der Waals surface area contributed by atoms with Crippen LogP contribution in [0.5, 0.6) is 5.75 Å². The molecule has 0 radical (unpaired) electrons. The minimum atomic E-state index is -0.201. The molecule has 2 bridgehead atoms. The summed E-state index contributed by atoms with van der Waals surface area (Å²) in [6, 6.07) is 23.1. The molecule has 0 saturated carbocycles. The molecular formula is C34H37ClN4O3. The van der Waals surface area contributed by atoms with Crippen molar-refractivity contribution in [2.45, 2.75) is 69.8 Å². The van der Waals surface area contributed by atoms with E-state index in [4.69, 9.17) is 21.1 Å². The number of nitrogens with zero attached hydrogens (tertiary/aromatic N) is 2. The topological polar surface area (TPSA) is 79.5 Å². The molecule has 7 rings (SSSR count). The number of nitrogens with one attached hydrogen (secondary N) is 2. The molecule has 42 heavy (non-hydrogen) atoms. The molecule has 218 valence electrons. The summed E-state index contributed by atoms with van der Waals surface area (Å²) in [5.74, 6) is 0.918. The van der Waals surface area contributed by atoms with Crippen LogP contribution in [-0.2, 0) is 4.74 Å². The Labute approximate surface area is 251 Å². The third-order valence-corrected chi connectivity index (χ3v) is 9.58. The first-order valence-electron chi connectivity index (χ1n) is 15.1. The highest BCUT2D eigenvalue weighted by molar-refractivity contribution is 6.31. The molecule has 3 aliphatic heterocycles. The van der Waals surface area contributed by atoms with Crippen LogP contribution in [-0.4, -0.2) is 58.4 Å². The number of carbonyl (C=O) groups excluding carboxylic acids is 1. The largest absolute Gasteiger partial charge is 0.490 e. The fourth-order valence-electron chi connectivity index (χ4n) is 7.07. The number of piperidine rings is 1. The zero-order valence-corrected chi connectivity index (χ0v) is 24.8. The molecule has 3 aliphatic rings. The van der Waals surface area contributed by atoms with Crippen molar-refractivity contribution in [2.24, 2.45) is 5.92 Å². The van der Waals surface area contributed by atoms with Gasteiger partial charge >= 0.3 is 0 Å². The first-order chi connectivity index (χ1) is 20.4. The van der Waals surface area contributed by atoms with Gasteiger partial charge in [0, 0.05) is 33.6 Å². The summed E-state index contributed by atoms with van der Waals surface area (Å²) >= 11 is 6.47. The van der Waals surface area contributed by atoms with Gasteiger partial charge in [-0.25, -0.2) is 0 Å². The number of H-pyrrole nitrogens is 1. The number of ether oxygens (including phenoxy) is 2. The molecule has 3 saturated heterocycles. The Kier molecular flexibility index (Phi) is 7.42. The summed E-state index contributed by atoms with van der Waals surface area (Å²) in [5.41, 5.74) is 4.17. The van der Waals surface area contributed by atoms with Crippen LogP contribution < -0.4 is 10.1 Å². The number of halogens is 1. The molecule has 0 spiro atoms. The van der Waals surface area contributed by atoms with E-state index in [-0.39, 0.29) is 24.0 Å². The Morgan fingerprint density at radius 2 is 1.76 bits per heavy atom. The summed E-state index contributed by atoms with van der Waals surface area (Å²) < 4.78 is 11.9. The van der Waals surface area contributed by atoms with Gasteiger partial charge in [0.15, 0.2) is 0 Å². The molecule has 2 N–H and O–H groups in total. The smallest absolute Gasteiger partial charge is 0.251 e. The summed E-state index contributed by atoms with van der Waals surface area (Å²) in [7, 11) is 0. The number of amides is 1. The fourth-order valence-corrected chi connectivity index (χ4v) is 7.32.